The minimum absolute atomic E-state index is 0.0915. The zero-order valence-corrected chi connectivity index (χ0v) is 12.3. The van der Waals surface area contributed by atoms with Gasteiger partial charge in [-0.2, -0.15) is 0 Å². The van der Waals surface area contributed by atoms with Crippen LogP contribution in [-0.4, -0.2) is 26.9 Å². The molecule has 0 radical (unpaired) electrons. The molecule has 90 valence electrons. The van der Waals surface area contributed by atoms with Gasteiger partial charge in [0, 0.05) is 16.8 Å². The van der Waals surface area contributed by atoms with E-state index in [0.29, 0.717) is 11.4 Å². The smallest absolute Gasteiger partial charge is 0.265 e. The van der Waals surface area contributed by atoms with Crippen LogP contribution < -0.4 is 5.32 Å². The number of carbonyl (C=O) groups excluding carboxylic acids is 1. The number of carbonyl (C=O) groups is 1. The van der Waals surface area contributed by atoms with Gasteiger partial charge >= 0.3 is 0 Å². The van der Waals surface area contributed by atoms with Gasteiger partial charge in [0.25, 0.3) is 5.91 Å². The van der Waals surface area contributed by atoms with Gasteiger partial charge in [0.05, 0.1) is 5.69 Å². The lowest BCUT2D eigenvalue weighted by Crippen LogP contribution is -2.29. The SMILES string of the molecule is CC(Br)CNC(=O)c1snnc1C(C)(C)C. The van der Waals surface area contributed by atoms with Crippen LogP contribution in [0.2, 0.25) is 0 Å². The number of rotatable bonds is 3. The predicted molar refractivity (Wildman–Crippen MR) is 69.3 cm³/mol. The van der Waals surface area contributed by atoms with Gasteiger partial charge in [-0.15, -0.1) is 5.10 Å². The maximum atomic E-state index is 11.9. The average Bonchev–Trinajstić information content (AvgIpc) is 2.61. The van der Waals surface area contributed by atoms with Crippen molar-refractivity contribution in [3.8, 4) is 0 Å². The Balaban J connectivity index is 2.81. The maximum Gasteiger partial charge on any atom is 0.265 e. The van der Waals surface area contributed by atoms with Crippen molar-refractivity contribution < 1.29 is 4.79 Å². The van der Waals surface area contributed by atoms with Crippen molar-refractivity contribution in [1.82, 2.24) is 14.9 Å². The van der Waals surface area contributed by atoms with Gasteiger partial charge in [-0.1, -0.05) is 48.1 Å². The van der Waals surface area contributed by atoms with E-state index >= 15 is 0 Å². The molecule has 0 fully saturated rings. The second-order valence-corrected chi connectivity index (χ2v) is 7.01. The van der Waals surface area contributed by atoms with E-state index < -0.39 is 0 Å². The van der Waals surface area contributed by atoms with E-state index in [4.69, 9.17) is 0 Å². The third kappa shape index (κ3) is 3.52. The second-order valence-electron chi connectivity index (χ2n) is 4.69. The highest BCUT2D eigenvalue weighted by molar-refractivity contribution is 9.09. The van der Waals surface area contributed by atoms with Crippen LogP contribution in [0, 0.1) is 0 Å². The lowest BCUT2D eigenvalue weighted by Gasteiger charge is -2.16. The fourth-order valence-corrected chi connectivity index (χ4v) is 2.10. The Hall–Kier alpha value is -0.490. The number of hydrogen-bond acceptors (Lipinski definition) is 4. The van der Waals surface area contributed by atoms with Crippen molar-refractivity contribution in [2.45, 2.75) is 37.9 Å². The molecule has 0 aliphatic heterocycles. The molecule has 4 nitrogen and oxygen atoms in total. The molecule has 1 N–H and O–H groups in total. The van der Waals surface area contributed by atoms with E-state index in [0.717, 1.165) is 17.2 Å². The summed E-state index contributed by atoms with van der Waals surface area (Å²) in [5.41, 5.74) is 0.608. The van der Waals surface area contributed by atoms with Crippen molar-refractivity contribution in [3.05, 3.63) is 10.6 Å². The summed E-state index contributed by atoms with van der Waals surface area (Å²) < 4.78 is 3.86. The second kappa shape index (κ2) is 5.23. The molecule has 0 aliphatic carbocycles. The molecule has 1 heterocycles. The van der Waals surface area contributed by atoms with Crippen LogP contribution in [-0.2, 0) is 5.41 Å². The van der Waals surface area contributed by atoms with Crippen molar-refractivity contribution in [1.29, 1.82) is 0 Å². The molecule has 16 heavy (non-hydrogen) atoms. The van der Waals surface area contributed by atoms with E-state index in [2.05, 4.69) is 30.8 Å². The Morgan fingerprint density at radius 1 is 1.56 bits per heavy atom. The highest BCUT2D eigenvalue weighted by Gasteiger charge is 2.26. The summed E-state index contributed by atoms with van der Waals surface area (Å²) in [6.07, 6.45) is 0. The number of hydrogen-bond donors (Lipinski definition) is 1. The fourth-order valence-electron chi connectivity index (χ4n) is 1.14. The molecular weight excluding hydrogens is 290 g/mol. The summed E-state index contributed by atoms with van der Waals surface area (Å²) in [4.78, 5) is 12.7. The Morgan fingerprint density at radius 2 is 2.19 bits per heavy atom. The van der Waals surface area contributed by atoms with Gasteiger partial charge in [-0.05, 0) is 11.5 Å². The van der Waals surface area contributed by atoms with Crippen LogP contribution in [0.15, 0.2) is 0 Å². The minimum Gasteiger partial charge on any atom is -0.350 e. The first kappa shape index (κ1) is 13.6. The number of halogens is 1. The van der Waals surface area contributed by atoms with Gasteiger partial charge in [-0.3, -0.25) is 4.79 Å². The van der Waals surface area contributed by atoms with E-state index in [1.165, 1.54) is 0 Å². The highest BCUT2D eigenvalue weighted by Crippen LogP contribution is 2.25. The number of amides is 1. The first-order valence-corrected chi connectivity index (χ1v) is 6.76. The zero-order chi connectivity index (χ0) is 12.3. The van der Waals surface area contributed by atoms with Crippen LogP contribution in [0.25, 0.3) is 0 Å². The normalized spacial score (nSPS) is 13.6. The molecule has 1 rings (SSSR count). The van der Waals surface area contributed by atoms with Gasteiger partial charge in [-0.25, -0.2) is 0 Å². The molecule has 1 atom stereocenters. The van der Waals surface area contributed by atoms with Crippen molar-refractivity contribution in [2.75, 3.05) is 6.54 Å². The quantitative estimate of drug-likeness (QED) is 0.872. The molecule has 0 spiro atoms. The van der Waals surface area contributed by atoms with Gasteiger partial charge in [0.15, 0.2) is 0 Å². The summed E-state index contributed by atoms with van der Waals surface area (Å²) in [6.45, 7) is 8.64. The maximum absolute atomic E-state index is 11.9. The average molecular weight is 306 g/mol. The number of aromatic nitrogens is 2. The lowest BCUT2D eigenvalue weighted by atomic mass is 9.91. The highest BCUT2D eigenvalue weighted by atomic mass is 79.9. The van der Waals surface area contributed by atoms with Crippen LogP contribution in [0.5, 0.6) is 0 Å². The predicted octanol–water partition coefficient (Wildman–Crippen LogP) is 2.35. The first-order chi connectivity index (χ1) is 7.32. The summed E-state index contributed by atoms with van der Waals surface area (Å²) in [6, 6.07) is 0. The Kier molecular flexibility index (Phi) is 4.43. The lowest BCUT2D eigenvalue weighted by molar-refractivity contribution is 0.0956. The van der Waals surface area contributed by atoms with Crippen LogP contribution in [0.1, 0.15) is 43.1 Å². The van der Waals surface area contributed by atoms with Gasteiger partial charge < -0.3 is 5.32 Å². The molecule has 1 unspecified atom stereocenters. The first-order valence-electron chi connectivity index (χ1n) is 5.07. The van der Waals surface area contributed by atoms with Crippen molar-refractivity contribution in [3.63, 3.8) is 0 Å². The zero-order valence-electron chi connectivity index (χ0n) is 9.87. The summed E-state index contributed by atoms with van der Waals surface area (Å²) in [5.74, 6) is -0.0915. The molecule has 0 aliphatic rings. The van der Waals surface area contributed by atoms with E-state index in [-0.39, 0.29) is 16.1 Å². The molecule has 1 aromatic heterocycles. The van der Waals surface area contributed by atoms with Crippen LogP contribution >= 0.6 is 27.5 Å². The Morgan fingerprint density at radius 3 is 2.69 bits per heavy atom. The topological polar surface area (TPSA) is 54.9 Å². The van der Waals surface area contributed by atoms with E-state index in [1.807, 2.05) is 27.7 Å². The fraction of sp³-hybridized carbons (Fsp3) is 0.700. The molecule has 0 saturated carbocycles. The molecule has 1 amide bonds. The van der Waals surface area contributed by atoms with Crippen LogP contribution in [0.3, 0.4) is 0 Å². The number of nitrogens with one attached hydrogen (secondary N) is 1. The molecular formula is C10H16BrN3OS. The van der Waals surface area contributed by atoms with Gasteiger partial charge in [0.1, 0.15) is 4.88 Å². The summed E-state index contributed by atoms with van der Waals surface area (Å²) in [7, 11) is 0. The molecule has 0 bridgehead atoms. The molecule has 0 saturated heterocycles. The minimum atomic E-state index is -0.153. The standard InChI is InChI=1S/C10H16BrN3OS/c1-6(11)5-12-9(15)7-8(10(2,3)4)13-14-16-7/h6H,5H2,1-4H3,(H,12,15). The number of nitrogens with zero attached hydrogens (tertiary/aromatic N) is 2. The number of alkyl halides is 1. The van der Waals surface area contributed by atoms with E-state index in [1.54, 1.807) is 0 Å². The third-order valence-electron chi connectivity index (χ3n) is 1.95. The largest absolute Gasteiger partial charge is 0.350 e. The Labute approximate surface area is 108 Å². The summed E-state index contributed by atoms with van der Waals surface area (Å²) >= 11 is 4.53. The molecule has 1 aromatic rings. The third-order valence-corrected chi connectivity index (χ3v) is 3.00. The van der Waals surface area contributed by atoms with E-state index in [9.17, 15) is 4.79 Å². The van der Waals surface area contributed by atoms with Crippen LogP contribution in [0.4, 0.5) is 0 Å². The monoisotopic (exact) mass is 305 g/mol. The van der Waals surface area contributed by atoms with Crippen molar-refractivity contribution in [2.24, 2.45) is 0 Å². The van der Waals surface area contributed by atoms with Crippen molar-refractivity contribution >= 4 is 33.4 Å². The molecule has 0 aromatic carbocycles. The van der Waals surface area contributed by atoms with Gasteiger partial charge in [0.2, 0.25) is 0 Å². The Bertz CT molecular complexity index is 370. The molecule has 6 heteroatoms. The summed E-state index contributed by atoms with van der Waals surface area (Å²) in [5, 5.41) is 6.87.